The van der Waals surface area contributed by atoms with Crippen LogP contribution in [0.4, 0.5) is 0 Å². The van der Waals surface area contributed by atoms with E-state index in [4.69, 9.17) is 11.6 Å². The van der Waals surface area contributed by atoms with E-state index in [1.165, 1.54) is 11.1 Å². The average Bonchev–Trinajstić information content (AvgIpc) is 2.47. The molecule has 2 aromatic rings. The number of rotatable bonds is 6. The number of nitrogens with zero attached hydrogens (tertiary/aromatic N) is 2. The Morgan fingerprint density at radius 2 is 1.48 bits per heavy atom. The maximum Gasteiger partial charge on any atom is 0.155 e. The first kappa shape index (κ1) is 15.7. The largest absolute Gasteiger partial charge is 0.189 e. The van der Waals surface area contributed by atoms with Crippen LogP contribution in [0.1, 0.15) is 25.0 Å². The summed E-state index contributed by atoms with van der Waals surface area (Å²) in [5, 5.41) is 8.72. The van der Waals surface area contributed by atoms with Crippen LogP contribution < -0.4 is 0 Å². The van der Waals surface area contributed by atoms with Gasteiger partial charge in [-0.05, 0) is 31.4 Å². The molecule has 21 heavy (non-hydrogen) atoms. The van der Waals surface area contributed by atoms with E-state index in [0.29, 0.717) is 6.42 Å². The molecule has 0 saturated carbocycles. The third kappa shape index (κ3) is 5.68. The lowest BCUT2D eigenvalue weighted by Crippen LogP contribution is -2.17. The number of hydrogen-bond donors (Lipinski definition) is 0. The maximum absolute atomic E-state index is 6.46. The summed E-state index contributed by atoms with van der Waals surface area (Å²) in [6.07, 6.45) is 1.56. The van der Waals surface area contributed by atoms with Gasteiger partial charge in [-0.2, -0.15) is 10.2 Å². The van der Waals surface area contributed by atoms with E-state index < -0.39 is 5.00 Å². The SMILES string of the molecule is CC(Cc1ccccc1)N=NC(C)(Cl)Cc1ccccc1. The van der Waals surface area contributed by atoms with Crippen LogP contribution in [-0.4, -0.2) is 11.0 Å². The first-order chi connectivity index (χ1) is 10.1. The van der Waals surface area contributed by atoms with E-state index in [-0.39, 0.29) is 6.04 Å². The lowest BCUT2D eigenvalue weighted by Gasteiger charge is -2.16. The number of hydrogen-bond acceptors (Lipinski definition) is 2. The van der Waals surface area contributed by atoms with Crippen molar-refractivity contribution in [1.29, 1.82) is 0 Å². The van der Waals surface area contributed by atoms with Gasteiger partial charge in [0.15, 0.2) is 5.00 Å². The Morgan fingerprint density at radius 1 is 0.952 bits per heavy atom. The van der Waals surface area contributed by atoms with E-state index in [1.54, 1.807) is 0 Å². The molecule has 3 heteroatoms. The Hall–Kier alpha value is -1.67. The van der Waals surface area contributed by atoms with E-state index in [9.17, 15) is 0 Å². The Balaban J connectivity index is 1.92. The molecular formula is C18H21ClN2. The van der Waals surface area contributed by atoms with E-state index in [0.717, 1.165) is 6.42 Å². The highest BCUT2D eigenvalue weighted by Gasteiger charge is 2.20. The van der Waals surface area contributed by atoms with Crippen molar-refractivity contribution in [2.24, 2.45) is 10.2 Å². The fraction of sp³-hybridized carbons (Fsp3) is 0.333. The molecule has 2 nitrogen and oxygen atoms in total. The average molecular weight is 301 g/mol. The number of benzene rings is 2. The lowest BCUT2D eigenvalue weighted by atomic mass is 10.1. The zero-order valence-electron chi connectivity index (χ0n) is 12.5. The van der Waals surface area contributed by atoms with Crippen LogP contribution in [0.2, 0.25) is 0 Å². The molecule has 0 aromatic heterocycles. The van der Waals surface area contributed by atoms with Gasteiger partial charge in [0.1, 0.15) is 0 Å². The summed E-state index contributed by atoms with van der Waals surface area (Å²) < 4.78 is 0. The van der Waals surface area contributed by atoms with Gasteiger partial charge in [-0.15, -0.1) is 0 Å². The molecule has 0 N–H and O–H groups in total. The van der Waals surface area contributed by atoms with Crippen molar-refractivity contribution in [3.63, 3.8) is 0 Å². The minimum absolute atomic E-state index is 0.126. The van der Waals surface area contributed by atoms with Gasteiger partial charge < -0.3 is 0 Å². The number of alkyl halides is 1. The molecule has 0 bridgehead atoms. The summed E-state index contributed by atoms with van der Waals surface area (Å²) in [5.41, 5.74) is 2.44. The molecule has 0 aliphatic heterocycles. The summed E-state index contributed by atoms with van der Waals surface area (Å²) in [6, 6.07) is 20.6. The van der Waals surface area contributed by atoms with Crippen LogP contribution >= 0.6 is 11.6 Å². The van der Waals surface area contributed by atoms with Crippen LogP contribution in [-0.2, 0) is 12.8 Å². The second-order valence-electron chi connectivity index (χ2n) is 5.56. The molecule has 0 aliphatic rings. The van der Waals surface area contributed by atoms with Gasteiger partial charge in [-0.25, -0.2) is 0 Å². The molecule has 0 heterocycles. The summed E-state index contributed by atoms with van der Waals surface area (Å²) >= 11 is 6.46. The van der Waals surface area contributed by atoms with Gasteiger partial charge >= 0.3 is 0 Å². The minimum atomic E-state index is -0.688. The molecule has 0 aliphatic carbocycles. The molecule has 2 aromatic carbocycles. The summed E-state index contributed by atoms with van der Waals surface area (Å²) in [4.78, 5) is -0.688. The third-order valence-corrected chi connectivity index (χ3v) is 3.42. The molecule has 0 spiro atoms. The smallest absolute Gasteiger partial charge is 0.155 e. The first-order valence-electron chi connectivity index (χ1n) is 7.24. The maximum atomic E-state index is 6.46. The van der Waals surface area contributed by atoms with Crippen LogP contribution in [0.5, 0.6) is 0 Å². The van der Waals surface area contributed by atoms with Gasteiger partial charge in [-0.1, -0.05) is 72.3 Å². The van der Waals surface area contributed by atoms with Crippen molar-refractivity contribution in [3.8, 4) is 0 Å². The normalized spacial score (nSPS) is 15.8. The lowest BCUT2D eigenvalue weighted by molar-refractivity contribution is 0.570. The first-order valence-corrected chi connectivity index (χ1v) is 7.62. The molecule has 2 unspecified atom stereocenters. The van der Waals surface area contributed by atoms with E-state index in [1.807, 2.05) is 43.3 Å². The second-order valence-corrected chi connectivity index (χ2v) is 6.37. The van der Waals surface area contributed by atoms with Crippen molar-refractivity contribution in [1.82, 2.24) is 0 Å². The van der Waals surface area contributed by atoms with Crippen LogP contribution in [0.15, 0.2) is 70.9 Å². The zero-order chi connectivity index (χ0) is 15.1. The van der Waals surface area contributed by atoms with Gasteiger partial charge in [0.05, 0.1) is 6.04 Å². The van der Waals surface area contributed by atoms with Crippen molar-refractivity contribution in [3.05, 3.63) is 71.8 Å². The Kier molecular flexibility index (Phi) is 5.51. The van der Waals surface area contributed by atoms with Gasteiger partial charge in [-0.3, -0.25) is 0 Å². The van der Waals surface area contributed by atoms with Crippen molar-refractivity contribution in [2.45, 2.75) is 37.7 Å². The predicted octanol–water partition coefficient (Wildman–Crippen LogP) is 5.27. The van der Waals surface area contributed by atoms with Gasteiger partial charge in [0.25, 0.3) is 0 Å². The summed E-state index contributed by atoms with van der Waals surface area (Å²) in [5.74, 6) is 0. The van der Waals surface area contributed by atoms with Crippen LogP contribution in [0.3, 0.4) is 0 Å². The van der Waals surface area contributed by atoms with E-state index in [2.05, 4.69) is 41.4 Å². The Morgan fingerprint density at radius 3 is 2.05 bits per heavy atom. The van der Waals surface area contributed by atoms with E-state index >= 15 is 0 Å². The molecule has 2 atom stereocenters. The highest BCUT2D eigenvalue weighted by Crippen LogP contribution is 2.23. The molecule has 0 saturated heterocycles. The van der Waals surface area contributed by atoms with Gasteiger partial charge in [0, 0.05) is 6.42 Å². The quantitative estimate of drug-likeness (QED) is 0.394. The Labute approximate surface area is 131 Å². The van der Waals surface area contributed by atoms with Crippen LogP contribution in [0.25, 0.3) is 0 Å². The fourth-order valence-corrected chi connectivity index (χ4v) is 2.42. The molecular weight excluding hydrogens is 280 g/mol. The van der Waals surface area contributed by atoms with Crippen molar-refractivity contribution < 1.29 is 0 Å². The fourth-order valence-electron chi connectivity index (χ4n) is 2.22. The van der Waals surface area contributed by atoms with Gasteiger partial charge in [0.2, 0.25) is 0 Å². The topological polar surface area (TPSA) is 24.7 Å². The second kappa shape index (κ2) is 7.37. The monoisotopic (exact) mass is 300 g/mol. The van der Waals surface area contributed by atoms with Crippen molar-refractivity contribution in [2.75, 3.05) is 0 Å². The predicted molar refractivity (Wildman–Crippen MR) is 88.9 cm³/mol. The molecule has 0 fully saturated rings. The minimum Gasteiger partial charge on any atom is -0.189 e. The molecule has 0 radical (unpaired) electrons. The summed E-state index contributed by atoms with van der Waals surface area (Å²) in [6.45, 7) is 3.96. The highest BCUT2D eigenvalue weighted by atomic mass is 35.5. The number of azo groups is 1. The van der Waals surface area contributed by atoms with Crippen molar-refractivity contribution >= 4 is 11.6 Å². The standard InChI is InChI=1S/C18H21ClN2/c1-15(13-16-9-5-3-6-10-16)20-21-18(2,19)14-17-11-7-4-8-12-17/h3-12,15H,13-14H2,1-2H3. The molecule has 0 amide bonds. The highest BCUT2D eigenvalue weighted by molar-refractivity contribution is 6.23. The van der Waals surface area contributed by atoms with Crippen LogP contribution in [0, 0.1) is 0 Å². The summed E-state index contributed by atoms with van der Waals surface area (Å²) in [7, 11) is 0. The third-order valence-electron chi connectivity index (χ3n) is 3.21. The Bertz CT molecular complexity index is 564. The molecule has 110 valence electrons. The molecule has 2 rings (SSSR count). The zero-order valence-corrected chi connectivity index (χ0v) is 13.3. The number of halogens is 1.